The summed E-state index contributed by atoms with van der Waals surface area (Å²) in [6, 6.07) is -0.568. The number of ether oxygens (including phenoxy) is 1. The Kier molecular flexibility index (Phi) is 9.56. The molecule has 2 amide bonds. The van der Waals surface area contributed by atoms with Crippen molar-refractivity contribution in [1.29, 1.82) is 0 Å². The van der Waals surface area contributed by atoms with E-state index >= 15 is 0 Å². The van der Waals surface area contributed by atoms with Crippen LogP contribution in [-0.2, 0) is 14.3 Å². The summed E-state index contributed by atoms with van der Waals surface area (Å²) in [4.78, 5) is 23.5. The largest absolute Gasteiger partial charge is 0.375 e. The Morgan fingerprint density at radius 2 is 1.75 bits per heavy atom. The zero-order valence-corrected chi connectivity index (χ0v) is 16.7. The molecule has 0 aliphatic heterocycles. The maximum Gasteiger partial charge on any atom is 0.239 e. The molecule has 0 bridgehead atoms. The van der Waals surface area contributed by atoms with Crippen molar-refractivity contribution in [1.82, 2.24) is 5.32 Å². The van der Waals surface area contributed by atoms with E-state index in [-0.39, 0.29) is 16.9 Å². The monoisotopic (exact) mass is 342 g/mol. The first-order valence-corrected chi connectivity index (χ1v) is 9.14. The lowest BCUT2D eigenvalue weighted by Gasteiger charge is -2.34. The molecule has 0 aliphatic carbocycles. The van der Waals surface area contributed by atoms with Gasteiger partial charge in [-0.05, 0) is 38.0 Å². The highest BCUT2D eigenvalue weighted by atomic mass is 16.5. The van der Waals surface area contributed by atoms with E-state index in [0.29, 0.717) is 31.8 Å². The quantitative estimate of drug-likeness (QED) is 0.570. The molecule has 5 nitrogen and oxygen atoms in total. The molecule has 0 rings (SSSR count). The van der Waals surface area contributed by atoms with Gasteiger partial charge in [-0.3, -0.25) is 9.59 Å². The van der Waals surface area contributed by atoms with Crippen molar-refractivity contribution in [2.45, 2.75) is 92.2 Å². The van der Waals surface area contributed by atoms with Gasteiger partial charge >= 0.3 is 0 Å². The molecule has 0 aromatic rings. The third-order valence-corrected chi connectivity index (χ3v) is 4.88. The minimum atomic E-state index is -0.568. The van der Waals surface area contributed by atoms with Crippen molar-refractivity contribution in [3.8, 4) is 0 Å². The van der Waals surface area contributed by atoms with Crippen LogP contribution in [0.15, 0.2) is 0 Å². The number of hydrogen-bond donors (Lipinski definition) is 2. The molecular formula is C19H38N2O3. The van der Waals surface area contributed by atoms with Crippen molar-refractivity contribution < 1.29 is 14.3 Å². The van der Waals surface area contributed by atoms with Crippen LogP contribution in [0.2, 0.25) is 0 Å². The molecule has 0 saturated carbocycles. The topological polar surface area (TPSA) is 81.4 Å². The zero-order chi connectivity index (χ0) is 19.0. The van der Waals surface area contributed by atoms with E-state index in [2.05, 4.69) is 33.0 Å². The Morgan fingerprint density at radius 3 is 2.21 bits per heavy atom. The Hall–Kier alpha value is -1.10. The smallest absolute Gasteiger partial charge is 0.239 e. The molecule has 0 fully saturated rings. The van der Waals surface area contributed by atoms with E-state index in [4.69, 9.17) is 10.5 Å². The molecule has 24 heavy (non-hydrogen) atoms. The van der Waals surface area contributed by atoms with Crippen LogP contribution in [-0.4, -0.2) is 30.1 Å². The molecule has 1 unspecified atom stereocenters. The van der Waals surface area contributed by atoms with Crippen LogP contribution in [0, 0.1) is 11.3 Å². The lowest BCUT2D eigenvalue weighted by atomic mass is 9.82. The highest BCUT2D eigenvalue weighted by Gasteiger charge is 2.28. The van der Waals surface area contributed by atoms with Crippen molar-refractivity contribution >= 4 is 11.8 Å². The second kappa shape index (κ2) is 10.0. The second-order valence-corrected chi connectivity index (χ2v) is 8.36. The minimum absolute atomic E-state index is 0.0940. The van der Waals surface area contributed by atoms with Crippen molar-refractivity contribution in [3.63, 3.8) is 0 Å². The van der Waals surface area contributed by atoms with Crippen LogP contribution in [0.3, 0.4) is 0 Å². The van der Waals surface area contributed by atoms with Gasteiger partial charge in [0.1, 0.15) is 6.04 Å². The van der Waals surface area contributed by atoms with Crippen molar-refractivity contribution in [3.05, 3.63) is 0 Å². The van der Waals surface area contributed by atoms with E-state index in [9.17, 15) is 9.59 Å². The fourth-order valence-electron chi connectivity index (χ4n) is 2.00. The van der Waals surface area contributed by atoms with Gasteiger partial charge in [-0.1, -0.05) is 47.5 Å². The summed E-state index contributed by atoms with van der Waals surface area (Å²) in [7, 11) is 0. The van der Waals surface area contributed by atoms with Gasteiger partial charge < -0.3 is 15.8 Å². The van der Waals surface area contributed by atoms with Crippen molar-refractivity contribution in [2.24, 2.45) is 17.1 Å². The van der Waals surface area contributed by atoms with Crippen LogP contribution in [0.1, 0.15) is 80.6 Å². The summed E-state index contributed by atoms with van der Waals surface area (Å²) in [5.74, 6) is -0.0906. The van der Waals surface area contributed by atoms with Gasteiger partial charge in [0.05, 0.1) is 12.2 Å². The predicted molar refractivity (Wildman–Crippen MR) is 98.5 cm³/mol. The Bertz CT molecular complexity index is 403. The number of carbonyl (C=O) groups is 2. The summed E-state index contributed by atoms with van der Waals surface area (Å²) >= 11 is 0. The van der Waals surface area contributed by atoms with Gasteiger partial charge in [0.15, 0.2) is 0 Å². The Balaban J connectivity index is 4.38. The van der Waals surface area contributed by atoms with Gasteiger partial charge in [0.2, 0.25) is 11.8 Å². The number of rotatable bonds is 12. The molecule has 0 spiro atoms. The molecule has 1 atom stereocenters. The van der Waals surface area contributed by atoms with E-state index in [1.54, 1.807) is 0 Å². The first-order chi connectivity index (χ1) is 10.9. The Labute approximate surface area is 148 Å². The highest BCUT2D eigenvalue weighted by molar-refractivity contribution is 5.86. The first kappa shape index (κ1) is 22.9. The van der Waals surface area contributed by atoms with E-state index < -0.39 is 11.9 Å². The SMILES string of the molecule is CCCCC(NC(=O)CCC(C)(C)OCC(C)(C)C(C)C)C(N)=O. The molecular weight excluding hydrogens is 304 g/mol. The van der Waals surface area contributed by atoms with Gasteiger partial charge in [0, 0.05) is 6.42 Å². The summed E-state index contributed by atoms with van der Waals surface area (Å²) < 4.78 is 6.05. The van der Waals surface area contributed by atoms with Gasteiger partial charge in [-0.25, -0.2) is 0 Å². The maximum atomic E-state index is 12.1. The molecule has 0 aromatic heterocycles. The summed E-state index contributed by atoms with van der Waals surface area (Å²) in [5, 5.41) is 2.75. The van der Waals surface area contributed by atoms with Crippen LogP contribution < -0.4 is 11.1 Å². The molecule has 0 aromatic carbocycles. The van der Waals surface area contributed by atoms with Crippen molar-refractivity contribution in [2.75, 3.05) is 6.61 Å². The van der Waals surface area contributed by atoms with Crippen LogP contribution >= 0.6 is 0 Å². The molecule has 0 aliphatic rings. The Morgan fingerprint density at radius 1 is 1.17 bits per heavy atom. The molecule has 0 saturated heterocycles. The third kappa shape index (κ3) is 9.26. The molecule has 0 heterocycles. The molecule has 3 N–H and O–H groups in total. The average molecular weight is 343 g/mol. The number of nitrogens with two attached hydrogens (primary N) is 1. The normalized spacial score (nSPS) is 13.8. The molecule has 0 radical (unpaired) electrons. The number of primary amides is 1. The average Bonchev–Trinajstić information content (AvgIpc) is 2.47. The van der Waals surface area contributed by atoms with E-state index in [1.807, 2.05) is 20.8 Å². The summed E-state index contributed by atoms with van der Waals surface area (Å²) in [5.41, 5.74) is 5.07. The predicted octanol–water partition coefficient (Wildman–Crippen LogP) is 3.40. The van der Waals surface area contributed by atoms with Gasteiger partial charge in [-0.15, -0.1) is 0 Å². The number of unbranched alkanes of at least 4 members (excludes halogenated alkanes) is 1. The van der Waals surface area contributed by atoms with Gasteiger partial charge in [0.25, 0.3) is 0 Å². The number of carbonyl (C=O) groups excluding carboxylic acids is 2. The second-order valence-electron chi connectivity index (χ2n) is 8.36. The third-order valence-electron chi connectivity index (χ3n) is 4.88. The minimum Gasteiger partial charge on any atom is -0.375 e. The first-order valence-electron chi connectivity index (χ1n) is 9.14. The van der Waals surface area contributed by atoms with Crippen LogP contribution in [0.5, 0.6) is 0 Å². The van der Waals surface area contributed by atoms with E-state index in [0.717, 1.165) is 12.8 Å². The summed E-state index contributed by atoms with van der Waals surface area (Å²) in [6.45, 7) is 15.4. The number of hydrogen-bond acceptors (Lipinski definition) is 3. The maximum absolute atomic E-state index is 12.1. The number of nitrogens with one attached hydrogen (secondary N) is 1. The zero-order valence-electron chi connectivity index (χ0n) is 16.7. The number of amides is 2. The fraction of sp³-hybridized carbons (Fsp3) is 0.895. The summed E-state index contributed by atoms with van der Waals surface area (Å²) in [6.07, 6.45) is 3.36. The highest BCUT2D eigenvalue weighted by Crippen LogP contribution is 2.29. The van der Waals surface area contributed by atoms with Crippen LogP contribution in [0.4, 0.5) is 0 Å². The fourth-order valence-corrected chi connectivity index (χ4v) is 2.00. The van der Waals surface area contributed by atoms with Crippen LogP contribution in [0.25, 0.3) is 0 Å². The molecule has 5 heteroatoms. The lowest BCUT2D eigenvalue weighted by molar-refractivity contribution is -0.129. The molecule has 142 valence electrons. The lowest BCUT2D eigenvalue weighted by Crippen LogP contribution is -2.44. The standard InChI is InChI=1S/C19H38N2O3/c1-8-9-10-15(17(20)23)21-16(22)11-12-19(6,7)24-13-18(4,5)14(2)3/h14-15H,8-13H2,1-7H3,(H2,20,23)(H,21,22). The van der Waals surface area contributed by atoms with Gasteiger partial charge in [-0.2, -0.15) is 0 Å². The van der Waals surface area contributed by atoms with E-state index in [1.165, 1.54) is 0 Å².